The van der Waals surface area contributed by atoms with Crippen LogP contribution in [0.3, 0.4) is 0 Å². The molecule has 1 fully saturated rings. The van der Waals surface area contributed by atoms with Gasteiger partial charge in [-0.2, -0.15) is 0 Å². The SMILES string of the molecule is COCC(NC(=NCc1ccccc1)NCC(=O)N(C)C)C1CC1.I. The van der Waals surface area contributed by atoms with Crippen LogP contribution in [0, 0.1) is 5.92 Å². The molecule has 6 nitrogen and oxygen atoms in total. The molecule has 7 heteroatoms. The van der Waals surface area contributed by atoms with E-state index in [0.717, 1.165) is 5.56 Å². The third kappa shape index (κ3) is 8.04. The van der Waals surface area contributed by atoms with Crippen LogP contribution in [0.1, 0.15) is 18.4 Å². The van der Waals surface area contributed by atoms with E-state index in [4.69, 9.17) is 4.74 Å². The molecule has 1 aromatic carbocycles. The summed E-state index contributed by atoms with van der Waals surface area (Å²) in [5.74, 6) is 1.29. The maximum atomic E-state index is 11.8. The van der Waals surface area contributed by atoms with Gasteiger partial charge in [-0.1, -0.05) is 30.3 Å². The lowest BCUT2D eigenvalue weighted by Gasteiger charge is -2.21. The third-order valence-corrected chi connectivity index (χ3v) is 4.03. The molecule has 25 heavy (non-hydrogen) atoms. The van der Waals surface area contributed by atoms with E-state index in [9.17, 15) is 4.79 Å². The average molecular weight is 460 g/mol. The van der Waals surface area contributed by atoms with Crippen LogP contribution in [0.25, 0.3) is 0 Å². The van der Waals surface area contributed by atoms with Crippen LogP contribution >= 0.6 is 24.0 Å². The Balaban J connectivity index is 0.00000312. The van der Waals surface area contributed by atoms with Crippen molar-refractivity contribution >= 4 is 35.8 Å². The summed E-state index contributed by atoms with van der Waals surface area (Å²) in [7, 11) is 5.20. The molecule has 0 aromatic heterocycles. The summed E-state index contributed by atoms with van der Waals surface area (Å²) in [4.78, 5) is 18.0. The van der Waals surface area contributed by atoms with Gasteiger partial charge in [-0.3, -0.25) is 4.79 Å². The lowest BCUT2D eigenvalue weighted by atomic mass is 10.2. The molecule has 1 amide bonds. The van der Waals surface area contributed by atoms with Crippen LogP contribution in [0.5, 0.6) is 0 Å². The van der Waals surface area contributed by atoms with Crippen LogP contribution < -0.4 is 10.6 Å². The summed E-state index contributed by atoms with van der Waals surface area (Å²) in [6.45, 7) is 1.42. The molecule has 140 valence electrons. The van der Waals surface area contributed by atoms with Crippen molar-refractivity contribution in [2.45, 2.75) is 25.4 Å². The second-order valence-corrected chi connectivity index (χ2v) is 6.34. The first kappa shape index (κ1) is 21.7. The lowest BCUT2D eigenvalue weighted by Crippen LogP contribution is -2.48. The minimum Gasteiger partial charge on any atom is -0.383 e. The lowest BCUT2D eigenvalue weighted by molar-refractivity contribution is -0.127. The first-order valence-corrected chi connectivity index (χ1v) is 8.38. The van der Waals surface area contributed by atoms with Gasteiger partial charge < -0.3 is 20.3 Å². The Kier molecular flexibility index (Phi) is 9.81. The minimum absolute atomic E-state index is 0. The first-order chi connectivity index (χ1) is 11.6. The molecule has 1 aliphatic carbocycles. The zero-order valence-electron chi connectivity index (χ0n) is 15.2. The van der Waals surface area contributed by atoms with Gasteiger partial charge in [0.15, 0.2) is 5.96 Å². The zero-order chi connectivity index (χ0) is 17.4. The molecule has 1 aromatic rings. The van der Waals surface area contributed by atoms with Gasteiger partial charge in [-0.15, -0.1) is 24.0 Å². The summed E-state index contributed by atoms with van der Waals surface area (Å²) in [6, 6.07) is 10.3. The number of methoxy groups -OCH3 is 1. The van der Waals surface area contributed by atoms with Crippen molar-refractivity contribution in [2.24, 2.45) is 10.9 Å². The molecule has 0 saturated heterocycles. The molecule has 1 saturated carbocycles. The number of benzene rings is 1. The monoisotopic (exact) mass is 460 g/mol. The summed E-state index contributed by atoms with van der Waals surface area (Å²) < 4.78 is 5.31. The molecule has 0 spiro atoms. The highest BCUT2D eigenvalue weighted by atomic mass is 127. The highest BCUT2D eigenvalue weighted by Crippen LogP contribution is 2.32. The van der Waals surface area contributed by atoms with Crippen LogP contribution in [-0.2, 0) is 16.1 Å². The number of hydrogen-bond donors (Lipinski definition) is 2. The standard InChI is InChI=1S/C18H28N4O2.HI/c1-22(2)17(23)12-20-18(19-11-14-7-5-4-6-8-14)21-16(13-24-3)15-9-10-15;/h4-8,15-16H,9-13H2,1-3H3,(H2,19,20,21);1H. The Bertz CT molecular complexity index is 547. The third-order valence-electron chi connectivity index (χ3n) is 4.03. The van der Waals surface area contributed by atoms with Crippen LogP contribution in [0.2, 0.25) is 0 Å². The van der Waals surface area contributed by atoms with Crippen molar-refractivity contribution in [2.75, 3.05) is 34.4 Å². The molecular formula is C18H29IN4O2. The van der Waals surface area contributed by atoms with Crippen molar-refractivity contribution in [1.29, 1.82) is 0 Å². The topological polar surface area (TPSA) is 66.0 Å². The van der Waals surface area contributed by atoms with Crippen molar-refractivity contribution in [3.05, 3.63) is 35.9 Å². The number of amides is 1. The number of nitrogens with zero attached hydrogens (tertiary/aromatic N) is 2. The maximum absolute atomic E-state index is 11.8. The molecule has 2 N–H and O–H groups in total. The molecule has 0 radical (unpaired) electrons. The number of rotatable bonds is 8. The van der Waals surface area contributed by atoms with E-state index < -0.39 is 0 Å². The average Bonchev–Trinajstić information content (AvgIpc) is 3.42. The van der Waals surface area contributed by atoms with E-state index in [1.165, 1.54) is 12.8 Å². The molecular weight excluding hydrogens is 431 g/mol. The number of carbonyl (C=O) groups excluding carboxylic acids is 1. The largest absolute Gasteiger partial charge is 0.383 e. The second-order valence-electron chi connectivity index (χ2n) is 6.34. The highest BCUT2D eigenvalue weighted by Gasteiger charge is 2.31. The van der Waals surface area contributed by atoms with E-state index in [0.29, 0.717) is 25.0 Å². The van der Waals surface area contributed by atoms with E-state index in [1.54, 1.807) is 26.1 Å². The summed E-state index contributed by atoms with van der Waals surface area (Å²) in [6.07, 6.45) is 2.42. The number of hydrogen-bond acceptors (Lipinski definition) is 3. The Morgan fingerprint density at radius 2 is 2.00 bits per heavy atom. The van der Waals surface area contributed by atoms with Crippen molar-refractivity contribution in [3.63, 3.8) is 0 Å². The fourth-order valence-electron chi connectivity index (χ4n) is 2.37. The van der Waals surface area contributed by atoms with Crippen molar-refractivity contribution in [3.8, 4) is 0 Å². The fraction of sp³-hybridized carbons (Fsp3) is 0.556. The van der Waals surface area contributed by atoms with Gasteiger partial charge >= 0.3 is 0 Å². The number of halogens is 1. The van der Waals surface area contributed by atoms with Gasteiger partial charge in [0.1, 0.15) is 0 Å². The molecule has 1 atom stereocenters. The maximum Gasteiger partial charge on any atom is 0.241 e. The minimum atomic E-state index is 0. The smallest absolute Gasteiger partial charge is 0.241 e. The first-order valence-electron chi connectivity index (χ1n) is 8.38. The quantitative estimate of drug-likeness (QED) is 0.353. The number of carbonyl (C=O) groups is 1. The molecule has 1 aliphatic rings. The Hall–Kier alpha value is -1.35. The van der Waals surface area contributed by atoms with Gasteiger partial charge in [0.2, 0.25) is 5.91 Å². The van der Waals surface area contributed by atoms with Crippen LogP contribution in [0.4, 0.5) is 0 Å². The summed E-state index contributed by atoms with van der Waals surface area (Å²) >= 11 is 0. The summed E-state index contributed by atoms with van der Waals surface area (Å²) in [5, 5.41) is 6.56. The Labute approximate surface area is 167 Å². The summed E-state index contributed by atoms with van der Waals surface area (Å²) in [5.41, 5.74) is 1.13. The molecule has 2 rings (SSSR count). The number of nitrogens with one attached hydrogen (secondary N) is 2. The van der Waals surface area contributed by atoms with E-state index in [2.05, 4.69) is 15.6 Å². The van der Waals surface area contributed by atoms with Gasteiger partial charge in [0.25, 0.3) is 0 Å². The molecule has 1 unspecified atom stereocenters. The molecule has 0 heterocycles. The number of likely N-dealkylation sites (N-methyl/N-ethyl adjacent to an activating group) is 1. The van der Waals surface area contributed by atoms with Crippen molar-refractivity contribution in [1.82, 2.24) is 15.5 Å². The Morgan fingerprint density at radius 1 is 1.32 bits per heavy atom. The van der Waals surface area contributed by atoms with E-state index in [-0.39, 0.29) is 42.5 Å². The normalized spacial score (nSPS) is 15.1. The van der Waals surface area contributed by atoms with E-state index in [1.807, 2.05) is 30.3 Å². The molecule has 0 aliphatic heterocycles. The van der Waals surface area contributed by atoms with Gasteiger partial charge in [-0.25, -0.2) is 4.99 Å². The Morgan fingerprint density at radius 3 is 2.56 bits per heavy atom. The fourth-order valence-corrected chi connectivity index (χ4v) is 2.37. The van der Waals surface area contributed by atoms with Gasteiger partial charge in [0.05, 0.1) is 25.7 Å². The number of aliphatic imine (C=N–C) groups is 1. The van der Waals surface area contributed by atoms with Gasteiger partial charge in [-0.05, 0) is 24.3 Å². The number of ether oxygens (including phenoxy) is 1. The predicted molar refractivity (Wildman–Crippen MR) is 111 cm³/mol. The zero-order valence-corrected chi connectivity index (χ0v) is 17.5. The van der Waals surface area contributed by atoms with Crippen LogP contribution in [-0.4, -0.2) is 57.2 Å². The van der Waals surface area contributed by atoms with E-state index >= 15 is 0 Å². The number of guanidine groups is 1. The highest BCUT2D eigenvalue weighted by molar-refractivity contribution is 14.0. The predicted octanol–water partition coefficient (Wildman–Crippen LogP) is 1.85. The van der Waals surface area contributed by atoms with Crippen molar-refractivity contribution < 1.29 is 9.53 Å². The second kappa shape index (κ2) is 11.3. The van der Waals surface area contributed by atoms with Crippen LogP contribution in [0.15, 0.2) is 35.3 Å². The van der Waals surface area contributed by atoms with Gasteiger partial charge in [0, 0.05) is 21.2 Å². The molecule has 0 bridgehead atoms.